The summed E-state index contributed by atoms with van der Waals surface area (Å²) < 4.78 is 0. The molecule has 4 N–H and O–H groups in total. The molecular formula is C19H18N2O4. The Bertz CT molecular complexity index is 924. The molecule has 6 nitrogen and oxygen atoms in total. The molecule has 0 aliphatic carbocycles. The zero-order valence-corrected chi connectivity index (χ0v) is 13.4. The van der Waals surface area contributed by atoms with Crippen LogP contribution in [0.4, 0.5) is 0 Å². The quantitative estimate of drug-likeness (QED) is 0.536. The lowest BCUT2D eigenvalue weighted by Gasteiger charge is -2.09. The van der Waals surface area contributed by atoms with Gasteiger partial charge >= 0.3 is 0 Å². The number of carbonyl (C=O) groups is 1. The van der Waals surface area contributed by atoms with Crippen LogP contribution in [0.3, 0.4) is 0 Å². The fourth-order valence-electron chi connectivity index (χ4n) is 2.64. The van der Waals surface area contributed by atoms with E-state index >= 15 is 0 Å². The van der Waals surface area contributed by atoms with E-state index in [2.05, 4.69) is 10.3 Å². The molecule has 0 atom stereocenters. The molecule has 3 rings (SSSR count). The zero-order chi connectivity index (χ0) is 17.8. The Morgan fingerprint density at radius 2 is 1.80 bits per heavy atom. The Labute approximate surface area is 144 Å². The van der Waals surface area contributed by atoms with E-state index < -0.39 is 0 Å². The number of fused-ring (bicyclic) bond motifs is 1. The van der Waals surface area contributed by atoms with Crippen molar-refractivity contribution in [1.82, 2.24) is 10.3 Å². The maximum Gasteiger partial charge on any atom is 0.220 e. The average molecular weight is 338 g/mol. The molecule has 0 saturated heterocycles. The van der Waals surface area contributed by atoms with Crippen LogP contribution in [-0.2, 0) is 17.8 Å². The first-order chi connectivity index (χ1) is 12.0. The second kappa shape index (κ2) is 7.09. The Kier molecular flexibility index (Phi) is 4.70. The van der Waals surface area contributed by atoms with Gasteiger partial charge in [0.05, 0.1) is 0 Å². The summed E-state index contributed by atoms with van der Waals surface area (Å²) in [5.74, 6) is -0.391. The van der Waals surface area contributed by atoms with Crippen molar-refractivity contribution in [2.24, 2.45) is 0 Å². The summed E-state index contributed by atoms with van der Waals surface area (Å²) in [4.78, 5) is 16.2. The number of aryl methyl sites for hydroxylation is 1. The summed E-state index contributed by atoms with van der Waals surface area (Å²) in [7, 11) is 0. The fraction of sp³-hybridized carbons (Fsp3) is 0.158. The Balaban J connectivity index is 1.61. The molecular weight excluding hydrogens is 320 g/mol. The van der Waals surface area contributed by atoms with Crippen molar-refractivity contribution in [3.63, 3.8) is 0 Å². The summed E-state index contributed by atoms with van der Waals surface area (Å²) in [6.07, 6.45) is 2.33. The van der Waals surface area contributed by atoms with E-state index in [1.165, 1.54) is 12.1 Å². The number of aromatic hydroxyl groups is 3. The van der Waals surface area contributed by atoms with E-state index in [9.17, 15) is 20.1 Å². The van der Waals surface area contributed by atoms with Gasteiger partial charge in [0, 0.05) is 24.5 Å². The van der Waals surface area contributed by atoms with Gasteiger partial charge in [-0.3, -0.25) is 9.78 Å². The lowest BCUT2D eigenvalue weighted by atomic mass is 10.1. The van der Waals surface area contributed by atoms with Crippen molar-refractivity contribution in [3.8, 4) is 17.2 Å². The SMILES string of the molecule is O=C(CCc1ccc(O)c(O)c1)NCc1ccc(O)c2ncccc12. The molecule has 25 heavy (non-hydrogen) atoms. The van der Waals surface area contributed by atoms with E-state index in [1.54, 1.807) is 30.5 Å². The molecule has 0 spiro atoms. The molecule has 2 aromatic carbocycles. The van der Waals surface area contributed by atoms with Gasteiger partial charge in [0.2, 0.25) is 5.91 Å². The summed E-state index contributed by atoms with van der Waals surface area (Å²) in [6, 6.07) is 11.5. The summed E-state index contributed by atoms with van der Waals surface area (Å²) >= 11 is 0. The lowest BCUT2D eigenvalue weighted by Crippen LogP contribution is -2.23. The molecule has 0 radical (unpaired) electrons. The molecule has 0 fully saturated rings. The number of amides is 1. The maximum absolute atomic E-state index is 12.1. The van der Waals surface area contributed by atoms with Gasteiger partial charge in [0.25, 0.3) is 0 Å². The van der Waals surface area contributed by atoms with Gasteiger partial charge in [-0.25, -0.2) is 0 Å². The zero-order valence-electron chi connectivity index (χ0n) is 13.4. The van der Waals surface area contributed by atoms with Crippen LogP contribution in [0.2, 0.25) is 0 Å². The van der Waals surface area contributed by atoms with Crippen LogP contribution >= 0.6 is 0 Å². The minimum Gasteiger partial charge on any atom is -0.506 e. The molecule has 0 aliphatic heterocycles. The summed E-state index contributed by atoms with van der Waals surface area (Å²) in [6.45, 7) is 0.335. The third-order valence-electron chi connectivity index (χ3n) is 4.00. The van der Waals surface area contributed by atoms with Gasteiger partial charge in [-0.05, 0) is 41.8 Å². The van der Waals surface area contributed by atoms with Crippen molar-refractivity contribution >= 4 is 16.8 Å². The van der Waals surface area contributed by atoms with Crippen LogP contribution in [0.15, 0.2) is 48.7 Å². The minimum absolute atomic E-state index is 0.109. The minimum atomic E-state index is -0.194. The van der Waals surface area contributed by atoms with Crippen molar-refractivity contribution in [2.75, 3.05) is 0 Å². The van der Waals surface area contributed by atoms with Crippen LogP contribution in [-0.4, -0.2) is 26.2 Å². The predicted octanol–water partition coefficient (Wildman–Crippen LogP) is 2.60. The van der Waals surface area contributed by atoms with Gasteiger partial charge in [0.1, 0.15) is 11.3 Å². The third kappa shape index (κ3) is 3.80. The number of hydrogen-bond donors (Lipinski definition) is 4. The topological polar surface area (TPSA) is 103 Å². The number of rotatable bonds is 5. The number of carbonyl (C=O) groups excluding carboxylic acids is 1. The van der Waals surface area contributed by atoms with Crippen LogP contribution in [0.5, 0.6) is 17.2 Å². The van der Waals surface area contributed by atoms with E-state index in [1.807, 2.05) is 6.07 Å². The molecule has 1 aromatic heterocycles. The normalized spacial score (nSPS) is 10.7. The molecule has 0 aliphatic rings. The first-order valence-corrected chi connectivity index (χ1v) is 7.88. The first-order valence-electron chi connectivity index (χ1n) is 7.88. The second-order valence-corrected chi connectivity index (χ2v) is 5.74. The number of phenols is 3. The molecule has 1 heterocycles. The fourth-order valence-corrected chi connectivity index (χ4v) is 2.64. The van der Waals surface area contributed by atoms with Gasteiger partial charge in [-0.15, -0.1) is 0 Å². The predicted molar refractivity (Wildman–Crippen MR) is 93.3 cm³/mol. The highest BCUT2D eigenvalue weighted by Crippen LogP contribution is 2.26. The van der Waals surface area contributed by atoms with E-state index in [4.69, 9.17) is 0 Å². The molecule has 1 amide bonds. The number of hydrogen-bond acceptors (Lipinski definition) is 5. The highest BCUT2D eigenvalue weighted by Gasteiger charge is 2.08. The van der Waals surface area contributed by atoms with Gasteiger partial charge in [-0.1, -0.05) is 18.2 Å². The maximum atomic E-state index is 12.1. The number of pyridine rings is 1. The lowest BCUT2D eigenvalue weighted by molar-refractivity contribution is -0.121. The number of phenolic OH excluding ortho intramolecular Hbond substituents is 3. The molecule has 0 saturated carbocycles. The van der Waals surface area contributed by atoms with Crippen LogP contribution in [0.25, 0.3) is 10.9 Å². The van der Waals surface area contributed by atoms with Crippen molar-refractivity contribution < 1.29 is 20.1 Å². The number of aromatic nitrogens is 1. The standard InChI is InChI=1S/C19H18N2O4/c22-15-6-3-12(10-17(15)24)4-8-18(25)21-11-13-5-7-16(23)19-14(13)2-1-9-20-19/h1-3,5-7,9-10,22-24H,4,8,11H2,(H,21,25). The smallest absolute Gasteiger partial charge is 0.220 e. The Hall–Kier alpha value is -3.28. The van der Waals surface area contributed by atoms with Gasteiger partial charge < -0.3 is 20.6 Å². The molecule has 0 bridgehead atoms. The first kappa shape index (κ1) is 16.6. The van der Waals surface area contributed by atoms with E-state index in [0.29, 0.717) is 18.5 Å². The number of nitrogens with zero attached hydrogens (tertiary/aromatic N) is 1. The number of benzene rings is 2. The van der Waals surface area contributed by atoms with E-state index in [-0.39, 0.29) is 29.6 Å². The monoisotopic (exact) mass is 338 g/mol. The molecule has 3 aromatic rings. The largest absolute Gasteiger partial charge is 0.506 e. The van der Waals surface area contributed by atoms with Crippen molar-refractivity contribution in [2.45, 2.75) is 19.4 Å². The highest BCUT2D eigenvalue weighted by atomic mass is 16.3. The molecule has 0 unspecified atom stereocenters. The van der Waals surface area contributed by atoms with Gasteiger partial charge in [0.15, 0.2) is 11.5 Å². The van der Waals surface area contributed by atoms with Crippen molar-refractivity contribution in [1.29, 1.82) is 0 Å². The van der Waals surface area contributed by atoms with Gasteiger partial charge in [-0.2, -0.15) is 0 Å². The third-order valence-corrected chi connectivity index (χ3v) is 4.00. The molecule has 6 heteroatoms. The summed E-state index contributed by atoms with van der Waals surface area (Å²) in [5.41, 5.74) is 2.15. The highest BCUT2D eigenvalue weighted by molar-refractivity contribution is 5.87. The average Bonchev–Trinajstić information content (AvgIpc) is 2.62. The van der Waals surface area contributed by atoms with Crippen LogP contribution in [0, 0.1) is 0 Å². The Morgan fingerprint density at radius 3 is 2.60 bits per heavy atom. The Morgan fingerprint density at radius 1 is 1.00 bits per heavy atom. The van der Waals surface area contributed by atoms with Crippen molar-refractivity contribution in [3.05, 3.63) is 59.8 Å². The van der Waals surface area contributed by atoms with Crippen LogP contribution in [0.1, 0.15) is 17.5 Å². The second-order valence-electron chi connectivity index (χ2n) is 5.74. The molecule has 128 valence electrons. The van der Waals surface area contributed by atoms with Crippen LogP contribution < -0.4 is 5.32 Å². The number of nitrogens with one attached hydrogen (secondary N) is 1. The summed E-state index contributed by atoms with van der Waals surface area (Å²) in [5, 5.41) is 32.2. The van der Waals surface area contributed by atoms with E-state index in [0.717, 1.165) is 16.5 Å².